The van der Waals surface area contributed by atoms with Crippen molar-refractivity contribution in [2.75, 3.05) is 11.9 Å². The van der Waals surface area contributed by atoms with Crippen molar-refractivity contribution >= 4 is 11.5 Å². The van der Waals surface area contributed by atoms with Gasteiger partial charge in [0.05, 0.1) is 4.92 Å². The number of nitrogens with one attached hydrogen (secondary N) is 1. The summed E-state index contributed by atoms with van der Waals surface area (Å²) in [6, 6.07) is 4.55. The number of hydrogen-bond donors (Lipinski definition) is 1. The number of pyridine rings is 1. The zero-order valence-corrected chi connectivity index (χ0v) is 10.7. The van der Waals surface area contributed by atoms with Crippen molar-refractivity contribution in [2.24, 2.45) is 5.41 Å². The van der Waals surface area contributed by atoms with Crippen LogP contribution in [0.1, 0.15) is 32.9 Å². The van der Waals surface area contributed by atoms with Gasteiger partial charge in [-0.05, 0) is 17.9 Å². The lowest BCUT2D eigenvalue weighted by Gasteiger charge is -2.23. The van der Waals surface area contributed by atoms with E-state index in [-0.39, 0.29) is 16.8 Å². The van der Waals surface area contributed by atoms with Crippen LogP contribution in [0.15, 0.2) is 12.1 Å². The lowest BCUT2D eigenvalue weighted by molar-refractivity contribution is -0.385. The van der Waals surface area contributed by atoms with E-state index in [2.05, 4.69) is 31.1 Å². The summed E-state index contributed by atoms with van der Waals surface area (Å²) in [5.41, 5.74) is -0.326. The van der Waals surface area contributed by atoms with E-state index in [1.165, 1.54) is 12.1 Å². The summed E-state index contributed by atoms with van der Waals surface area (Å²) in [4.78, 5) is 14.0. The summed E-state index contributed by atoms with van der Waals surface area (Å²) in [6.07, 6.45) is 0.998. The fraction of sp³-hybridized carbons (Fsp3) is 0.500. The van der Waals surface area contributed by atoms with E-state index >= 15 is 0 Å². The third kappa shape index (κ3) is 3.42. The molecule has 0 aromatic carbocycles. The largest absolute Gasteiger partial charge is 0.369 e. The molecule has 0 saturated heterocycles. The monoisotopic (exact) mass is 248 g/mol. The Labute approximate surface area is 106 Å². The molecule has 1 aromatic heterocycles. The quantitative estimate of drug-likeness (QED) is 0.638. The van der Waals surface area contributed by atoms with Gasteiger partial charge < -0.3 is 5.32 Å². The molecule has 1 rings (SSSR count). The van der Waals surface area contributed by atoms with Crippen LogP contribution in [0.3, 0.4) is 0 Å². The molecule has 1 aromatic rings. The molecule has 1 N–H and O–H groups in total. The first kappa shape index (κ1) is 13.9. The first-order valence-electron chi connectivity index (χ1n) is 5.69. The molecule has 96 valence electrons. The minimum Gasteiger partial charge on any atom is -0.369 e. The predicted octanol–water partition coefficient (Wildman–Crippen LogP) is 2.71. The van der Waals surface area contributed by atoms with Gasteiger partial charge in [0.15, 0.2) is 0 Å². The summed E-state index contributed by atoms with van der Waals surface area (Å²) < 4.78 is 0. The van der Waals surface area contributed by atoms with Gasteiger partial charge in [-0.2, -0.15) is 5.26 Å². The van der Waals surface area contributed by atoms with Crippen LogP contribution in [0.5, 0.6) is 0 Å². The predicted molar refractivity (Wildman–Crippen MR) is 68.2 cm³/mol. The molecule has 6 nitrogen and oxygen atoms in total. The van der Waals surface area contributed by atoms with Gasteiger partial charge >= 0.3 is 5.69 Å². The topological polar surface area (TPSA) is 91.9 Å². The second kappa shape index (κ2) is 5.45. The Morgan fingerprint density at radius 1 is 1.56 bits per heavy atom. The lowest BCUT2D eigenvalue weighted by Crippen LogP contribution is -2.22. The third-order valence-corrected chi connectivity index (χ3v) is 2.88. The van der Waals surface area contributed by atoms with Crippen LogP contribution in [0.4, 0.5) is 11.5 Å². The van der Waals surface area contributed by atoms with Crippen LogP contribution in [0, 0.1) is 26.9 Å². The molecule has 0 fully saturated rings. The number of nitro groups is 1. The molecule has 0 spiro atoms. The molecule has 1 heterocycles. The summed E-state index contributed by atoms with van der Waals surface area (Å²) >= 11 is 0. The molecule has 0 amide bonds. The van der Waals surface area contributed by atoms with E-state index in [9.17, 15) is 10.1 Å². The average molecular weight is 248 g/mol. The lowest BCUT2D eigenvalue weighted by atomic mass is 9.90. The highest BCUT2D eigenvalue weighted by Crippen LogP contribution is 2.22. The third-order valence-electron chi connectivity index (χ3n) is 2.88. The molecular formula is C12H16N4O2. The Kier molecular flexibility index (Phi) is 4.21. The highest BCUT2D eigenvalue weighted by Gasteiger charge is 2.18. The average Bonchev–Trinajstić information content (AvgIpc) is 2.36. The molecule has 0 radical (unpaired) electrons. The van der Waals surface area contributed by atoms with Gasteiger partial charge in [0.2, 0.25) is 5.69 Å². The normalized spacial score (nSPS) is 10.8. The van der Waals surface area contributed by atoms with Crippen LogP contribution < -0.4 is 5.32 Å². The highest BCUT2D eigenvalue weighted by molar-refractivity contribution is 5.50. The van der Waals surface area contributed by atoms with E-state index in [0.29, 0.717) is 12.4 Å². The molecule has 0 saturated carbocycles. The van der Waals surface area contributed by atoms with Gasteiger partial charge in [0.1, 0.15) is 11.9 Å². The van der Waals surface area contributed by atoms with Crippen molar-refractivity contribution in [2.45, 2.75) is 27.2 Å². The van der Waals surface area contributed by atoms with Crippen LogP contribution >= 0.6 is 0 Å². The summed E-state index contributed by atoms with van der Waals surface area (Å²) in [5.74, 6) is 0.485. The van der Waals surface area contributed by atoms with Crippen LogP contribution in [0.2, 0.25) is 0 Å². The van der Waals surface area contributed by atoms with E-state index in [1.807, 2.05) is 0 Å². The van der Waals surface area contributed by atoms with Gasteiger partial charge in [-0.25, -0.2) is 4.98 Å². The fourth-order valence-electron chi connectivity index (χ4n) is 1.23. The number of nitriles is 1. The summed E-state index contributed by atoms with van der Waals surface area (Å²) in [5, 5.41) is 22.6. The van der Waals surface area contributed by atoms with E-state index in [4.69, 9.17) is 5.26 Å². The SMILES string of the molecule is CCC(C)(C)CNc1ccc([N+](=O)[O-])c(C#N)n1. The van der Waals surface area contributed by atoms with Crippen molar-refractivity contribution in [3.05, 3.63) is 27.9 Å². The van der Waals surface area contributed by atoms with Gasteiger partial charge in [0.25, 0.3) is 0 Å². The smallest absolute Gasteiger partial charge is 0.305 e. The number of rotatable bonds is 5. The van der Waals surface area contributed by atoms with Crippen molar-refractivity contribution in [3.8, 4) is 6.07 Å². The van der Waals surface area contributed by atoms with Crippen molar-refractivity contribution < 1.29 is 4.92 Å². The number of anilines is 1. The second-order valence-electron chi connectivity index (χ2n) is 4.80. The Morgan fingerprint density at radius 2 is 2.22 bits per heavy atom. The van der Waals surface area contributed by atoms with Gasteiger partial charge in [-0.3, -0.25) is 10.1 Å². The van der Waals surface area contributed by atoms with Crippen molar-refractivity contribution in [1.82, 2.24) is 4.98 Å². The Morgan fingerprint density at radius 3 is 2.72 bits per heavy atom. The molecule has 0 aliphatic rings. The molecular weight excluding hydrogens is 232 g/mol. The number of nitrogens with zero attached hydrogens (tertiary/aromatic N) is 3. The Hall–Kier alpha value is -2.16. The first-order valence-corrected chi connectivity index (χ1v) is 5.69. The van der Waals surface area contributed by atoms with E-state index in [1.54, 1.807) is 6.07 Å². The van der Waals surface area contributed by atoms with Crippen LogP contribution in [-0.2, 0) is 0 Å². The highest BCUT2D eigenvalue weighted by atomic mass is 16.6. The fourth-order valence-corrected chi connectivity index (χ4v) is 1.23. The molecule has 0 aliphatic carbocycles. The molecule has 0 atom stereocenters. The molecule has 0 bridgehead atoms. The first-order chi connectivity index (χ1) is 8.39. The minimum absolute atomic E-state index is 0.107. The number of hydrogen-bond acceptors (Lipinski definition) is 5. The zero-order valence-electron chi connectivity index (χ0n) is 10.7. The maximum absolute atomic E-state index is 10.6. The van der Waals surface area contributed by atoms with Gasteiger partial charge in [0, 0.05) is 12.6 Å². The Bertz CT molecular complexity index is 491. The zero-order chi connectivity index (χ0) is 13.8. The van der Waals surface area contributed by atoms with Crippen LogP contribution in [-0.4, -0.2) is 16.5 Å². The van der Waals surface area contributed by atoms with Gasteiger partial charge in [-0.15, -0.1) is 0 Å². The Balaban J connectivity index is 2.88. The van der Waals surface area contributed by atoms with Gasteiger partial charge in [-0.1, -0.05) is 20.8 Å². The van der Waals surface area contributed by atoms with Crippen LogP contribution in [0.25, 0.3) is 0 Å². The summed E-state index contributed by atoms with van der Waals surface area (Å²) in [6.45, 7) is 7.00. The van der Waals surface area contributed by atoms with E-state index < -0.39 is 4.92 Å². The van der Waals surface area contributed by atoms with Crippen molar-refractivity contribution in [1.29, 1.82) is 5.26 Å². The molecule has 0 unspecified atom stereocenters. The van der Waals surface area contributed by atoms with Crippen molar-refractivity contribution in [3.63, 3.8) is 0 Å². The maximum Gasteiger partial charge on any atom is 0.305 e. The molecule has 18 heavy (non-hydrogen) atoms. The summed E-state index contributed by atoms with van der Waals surface area (Å²) in [7, 11) is 0. The minimum atomic E-state index is -0.606. The second-order valence-corrected chi connectivity index (χ2v) is 4.80. The standard InChI is InChI=1S/C12H16N4O2/c1-4-12(2,3)8-14-11-6-5-10(16(17)18)9(7-13)15-11/h5-6H,4,8H2,1-3H3,(H,14,15). The number of aromatic nitrogens is 1. The maximum atomic E-state index is 10.6. The van der Waals surface area contributed by atoms with E-state index in [0.717, 1.165) is 6.42 Å². The molecule has 6 heteroatoms. The molecule has 0 aliphatic heterocycles.